The highest BCUT2D eigenvalue weighted by Crippen LogP contribution is 2.40. The first-order valence-electron chi connectivity index (χ1n) is 7.63. The van der Waals surface area contributed by atoms with Gasteiger partial charge >= 0.3 is 0 Å². The van der Waals surface area contributed by atoms with Crippen LogP contribution in [0.15, 0.2) is 54.3 Å². The highest BCUT2D eigenvalue weighted by Gasteiger charge is 2.23. The molecule has 0 unspecified atom stereocenters. The van der Waals surface area contributed by atoms with E-state index in [-0.39, 0.29) is 18.3 Å². The molecule has 0 aromatic heterocycles. The Hall–Kier alpha value is -3.27. The van der Waals surface area contributed by atoms with E-state index >= 15 is 0 Å². The molecule has 24 heavy (non-hydrogen) atoms. The standard InChI is InChI=1S/C20H12O4/c21-16-8-12-4-6-13(11-5-7-17-18(9-11)24-10-23-17)14-2-1-3-15(19(12)14)20(16)22/h1-9,21H,10H2. The summed E-state index contributed by atoms with van der Waals surface area (Å²) in [5.74, 6) is 0.910. The summed E-state index contributed by atoms with van der Waals surface area (Å²) in [6.07, 6.45) is 1.53. The molecule has 3 aromatic carbocycles. The SMILES string of the molecule is O=C1C(O)=Cc2ccc(-c3ccc4c(c3)OCO4)c3cccc1c23. The Kier molecular flexibility index (Phi) is 2.54. The number of ether oxygens (including phenoxy) is 2. The number of ketones is 1. The molecule has 0 bridgehead atoms. The fourth-order valence-corrected chi connectivity index (χ4v) is 3.41. The molecule has 1 heterocycles. The minimum Gasteiger partial charge on any atom is -0.504 e. The number of aliphatic hydroxyl groups excluding tert-OH is 1. The fraction of sp³-hybridized carbons (Fsp3) is 0.0500. The van der Waals surface area contributed by atoms with Gasteiger partial charge in [0.1, 0.15) is 0 Å². The molecule has 0 saturated heterocycles. The largest absolute Gasteiger partial charge is 0.504 e. The zero-order valence-corrected chi connectivity index (χ0v) is 12.6. The zero-order chi connectivity index (χ0) is 16.3. The number of fused-ring (bicyclic) bond motifs is 1. The van der Waals surface area contributed by atoms with Crippen LogP contribution in [0.1, 0.15) is 15.9 Å². The molecule has 0 fully saturated rings. The van der Waals surface area contributed by atoms with Crippen LogP contribution in [0.3, 0.4) is 0 Å². The first-order chi connectivity index (χ1) is 11.7. The average Bonchev–Trinajstić information content (AvgIpc) is 3.07. The Bertz CT molecular complexity index is 1060. The number of rotatable bonds is 1. The van der Waals surface area contributed by atoms with E-state index < -0.39 is 0 Å². The van der Waals surface area contributed by atoms with Gasteiger partial charge in [0.25, 0.3) is 0 Å². The van der Waals surface area contributed by atoms with Crippen LogP contribution in [0.4, 0.5) is 0 Å². The highest BCUT2D eigenvalue weighted by molar-refractivity contribution is 6.23. The number of carbonyl (C=O) groups is 1. The Balaban J connectivity index is 1.81. The van der Waals surface area contributed by atoms with Crippen LogP contribution in [-0.4, -0.2) is 17.7 Å². The summed E-state index contributed by atoms with van der Waals surface area (Å²) >= 11 is 0. The lowest BCUT2D eigenvalue weighted by Crippen LogP contribution is -2.08. The summed E-state index contributed by atoms with van der Waals surface area (Å²) in [6, 6.07) is 15.3. The number of benzene rings is 3. The molecule has 0 atom stereocenters. The minimum atomic E-state index is -0.337. The van der Waals surface area contributed by atoms with Crippen LogP contribution >= 0.6 is 0 Å². The third-order valence-corrected chi connectivity index (χ3v) is 4.53. The Morgan fingerprint density at radius 3 is 2.71 bits per heavy atom. The van der Waals surface area contributed by atoms with Crippen molar-refractivity contribution in [2.75, 3.05) is 6.79 Å². The number of hydrogen-bond acceptors (Lipinski definition) is 4. The van der Waals surface area contributed by atoms with Crippen LogP contribution in [0.2, 0.25) is 0 Å². The predicted octanol–water partition coefficient (Wildman–Crippen LogP) is 4.33. The van der Waals surface area contributed by atoms with Gasteiger partial charge < -0.3 is 14.6 Å². The summed E-state index contributed by atoms with van der Waals surface area (Å²) in [6.45, 7) is 0.237. The van der Waals surface area contributed by atoms with Crippen molar-refractivity contribution in [3.63, 3.8) is 0 Å². The molecule has 4 nitrogen and oxygen atoms in total. The maximum Gasteiger partial charge on any atom is 0.231 e. The van der Waals surface area contributed by atoms with Crippen molar-refractivity contribution in [2.24, 2.45) is 0 Å². The Morgan fingerprint density at radius 1 is 0.917 bits per heavy atom. The second-order valence-corrected chi connectivity index (χ2v) is 5.86. The van der Waals surface area contributed by atoms with Gasteiger partial charge in [-0.2, -0.15) is 0 Å². The number of carbonyl (C=O) groups excluding carboxylic acids is 1. The van der Waals surface area contributed by atoms with Crippen LogP contribution < -0.4 is 9.47 Å². The highest BCUT2D eigenvalue weighted by atomic mass is 16.7. The van der Waals surface area contributed by atoms with Crippen molar-refractivity contribution in [1.29, 1.82) is 0 Å². The monoisotopic (exact) mass is 316 g/mol. The quantitative estimate of drug-likeness (QED) is 0.726. The van der Waals surface area contributed by atoms with E-state index in [2.05, 4.69) is 0 Å². The number of aliphatic hydroxyl groups is 1. The number of allylic oxidation sites excluding steroid dienone is 1. The van der Waals surface area contributed by atoms with Crippen LogP contribution in [0, 0.1) is 0 Å². The van der Waals surface area contributed by atoms with E-state index in [1.165, 1.54) is 6.08 Å². The molecule has 3 aromatic rings. The molecule has 0 radical (unpaired) electrons. The van der Waals surface area contributed by atoms with Gasteiger partial charge in [-0.3, -0.25) is 4.79 Å². The van der Waals surface area contributed by atoms with Crippen molar-refractivity contribution in [3.8, 4) is 22.6 Å². The molecule has 1 aliphatic carbocycles. The topological polar surface area (TPSA) is 55.8 Å². The minimum absolute atomic E-state index is 0.217. The summed E-state index contributed by atoms with van der Waals surface area (Å²) in [5.41, 5.74) is 3.39. The third-order valence-electron chi connectivity index (χ3n) is 4.53. The molecule has 4 heteroatoms. The number of hydrogen-bond donors (Lipinski definition) is 1. The van der Waals surface area contributed by atoms with E-state index in [1.807, 2.05) is 42.5 Å². The van der Waals surface area contributed by atoms with Crippen molar-refractivity contribution in [3.05, 3.63) is 65.4 Å². The van der Waals surface area contributed by atoms with Crippen molar-refractivity contribution in [1.82, 2.24) is 0 Å². The van der Waals surface area contributed by atoms with E-state index in [0.29, 0.717) is 5.56 Å². The molecule has 1 aliphatic heterocycles. The van der Waals surface area contributed by atoms with Crippen LogP contribution in [0.5, 0.6) is 11.5 Å². The Morgan fingerprint density at radius 2 is 1.79 bits per heavy atom. The first-order valence-corrected chi connectivity index (χ1v) is 7.63. The maximum atomic E-state index is 12.2. The summed E-state index contributed by atoms with van der Waals surface area (Å²) in [7, 11) is 0. The fourth-order valence-electron chi connectivity index (χ4n) is 3.41. The normalized spacial score (nSPS) is 14.8. The van der Waals surface area contributed by atoms with E-state index in [4.69, 9.17) is 9.47 Å². The molecule has 0 amide bonds. The van der Waals surface area contributed by atoms with Crippen LogP contribution in [-0.2, 0) is 0 Å². The second-order valence-electron chi connectivity index (χ2n) is 5.86. The maximum absolute atomic E-state index is 12.2. The molecular formula is C20H12O4. The second kappa shape index (κ2) is 4.61. The van der Waals surface area contributed by atoms with Gasteiger partial charge in [0.05, 0.1) is 0 Å². The van der Waals surface area contributed by atoms with Gasteiger partial charge in [0, 0.05) is 10.9 Å². The molecule has 2 aliphatic rings. The van der Waals surface area contributed by atoms with Gasteiger partial charge in [-0.05, 0) is 40.3 Å². The van der Waals surface area contributed by atoms with E-state index in [9.17, 15) is 9.90 Å². The van der Waals surface area contributed by atoms with Crippen molar-refractivity contribution < 1.29 is 19.4 Å². The van der Waals surface area contributed by atoms with E-state index in [0.717, 1.165) is 39.0 Å². The third kappa shape index (κ3) is 1.71. The smallest absolute Gasteiger partial charge is 0.231 e. The van der Waals surface area contributed by atoms with Gasteiger partial charge in [-0.1, -0.05) is 36.4 Å². The summed E-state index contributed by atoms with van der Waals surface area (Å²) in [4.78, 5) is 12.2. The van der Waals surface area contributed by atoms with Gasteiger partial charge in [-0.15, -0.1) is 0 Å². The van der Waals surface area contributed by atoms with Crippen LogP contribution in [0.25, 0.3) is 28.0 Å². The van der Waals surface area contributed by atoms with Crippen molar-refractivity contribution >= 4 is 22.6 Å². The van der Waals surface area contributed by atoms with E-state index in [1.54, 1.807) is 6.07 Å². The van der Waals surface area contributed by atoms with Gasteiger partial charge in [0.15, 0.2) is 17.3 Å². The zero-order valence-electron chi connectivity index (χ0n) is 12.6. The molecular weight excluding hydrogens is 304 g/mol. The van der Waals surface area contributed by atoms with Gasteiger partial charge in [0.2, 0.25) is 12.6 Å². The Labute approximate surface area is 137 Å². The lowest BCUT2D eigenvalue weighted by Gasteiger charge is -2.16. The lowest BCUT2D eigenvalue weighted by atomic mass is 9.87. The lowest BCUT2D eigenvalue weighted by molar-refractivity contribution is 0.0981. The predicted molar refractivity (Wildman–Crippen MR) is 90.4 cm³/mol. The molecule has 0 spiro atoms. The van der Waals surface area contributed by atoms with Crippen molar-refractivity contribution in [2.45, 2.75) is 0 Å². The molecule has 116 valence electrons. The summed E-state index contributed by atoms with van der Waals surface area (Å²) in [5, 5.41) is 11.7. The molecule has 0 saturated carbocycles. The van der Waals surface area contributed by atoms with Gasteiger partial charge in [-0.25, -0.2) is 0 Å². The first kappa shape index (κ1) is 13.2. The summed E-state index contributed by atoms with van der Waals surface area (Å²) < 4.78 is 10.8. The molecule has 5 rings (SSSR count). The molecule has 1 N–H and O–H groups in total. The number of Topliss-reactive ketones (excluding diaryl/α,β-unsaturated/α-hetero) is 1. The average molecular weight is 316 g/mol.